The van der Waals surface area contributed by atoms with Crippen LogP contribution in [-0.4, -0.2) is 9.97 Å². The molecule has 1 aliphatic carbocycles. The zero-order valence-corrected chi connectivity index (χ0v) is 10.5. The van der Waals surface area contributed by atoms with Gasteiger partial charge in [-0.15, -0.1) is 0 Å². The fourth-order valence-electron chi connectivity index (χ4n) is 1.60. The maximum atomic E-state index is 6.15. The highest BCUT2D eigenvalue weighted by Gasteiger charge is 2.30. The maximum Gasteiger partial charge on any atom is 0.135 e. The average molecular weight is 225 g/mol. The summed E-state index contributed by atoms with van der Waals surface area (Å²) in [5.41, 5.74) is 2.20. The van der Waals surface area contributed by atoms with Crippen LogP contribution in [0.1, 0.15) is 56.6 Å². The Morgan fingerprint density at radius 3 is 2.27 bits per heavy atom. The zero-order chi connectivity index (χ0) is 11.2. The smallest absolute Gasteiger partial charge is 0.135 e. The third-order valence-corrected chi connectivity index (χ3v) is 3.13. The summed E-state index contributed by atoms with van der Waals surface area (Å²) < 4.78 is 0. The van der Waals surface area contributed by atoms with Crippen LogP contribution in [0.25, 0.3) is 0 Å². The molecule has 0 unspecified atom stereocenters. The predicted octanol–water partition coefficient (Wildman–Crippen LogP) is 3.61. The van der Waals surface area contributed by atoms with E-state index in [4.69, 9.17) is 11.6 Å². The molecule has 2 rings (SSSR count). The van der Waals surface area contributed by atoms with E-state index in [0.717, 1.165) is 11.4 Å². The van der Waals surface area contributed by atoms with E-state index in [1.165, 1.54) is 18.5 Å². The Morgan fingerprint density at radius 2 is 1.80 bits per heavy atom. The molecule has 1 heterocycles. The Kier molecular flexibility index (Phi) is 2.50. The monoisotopic (exact) mass is 224 g/mol. The van der Waals surface area contributed by atoms with Gasteiger partial charge in [0, 0.05) is 16.9 Å². The minimum Gasteiger partial charge on any atom is -0.237 e. The van der Waals surface area contributed by atoms with Crippen molar-refractivity contribution in [3.63, 3.8) is 0 Å². The van der Waals surface area contributed by atoms with E-state index in [2.05, 4.69) is 30.7 Å². The van der Waals surface area contributed by atoms with Crippen LogP contribution in [0.5, 0.6) is 0 Å². The van der Waals surface area contributed by atoms with Gasteiger partial charge in [0.15, 0.2) is 0 Å². The van der Waals surface area contributed by atoms with Crippen molar-refractivity contribution in [2.24, 2.45) is 0 Å². The van der Waals surface area contributed by atoms with Crippen molar-refractivity contribution in [3.8, 4) is 0 Å². The number of hydrogen-bond acceptors (Lipinski definition) is 2. The van der Waals surface area contributed by atoms with E-state index < -0.39 is 0 Å². The van der Waals surface area contributed by atoms with Gasteiger partial charge in [-0.25, -0.2) is 9.97 Å². The SMILES string of the molecule is Cc1c(Cl)nc(C(C)(C)C)nc1C1CC1. The highest BCUT2D eigenvalue weighted by Crippen LogP contribution is 2.42. The topological polar surface area (TPSA) is 25.8 Å². The van der Waals surface area contributed by atoms with E-state index in [1.54, 1.807) is 0 Å². The molecule has 1 saturated carbocycles. The van der Waals surface area contributed by atoms with Crippen molar-refractivity contribution in [2.75, 3.05) is 0 Å². The first-order chi connectivity index (χ1) is 6.89. The Balaban J connectivity index is 2.51. The molecule has 3 heteroatoms. The lowest BCUT2D eigenvalue weighted by molar-refractivity contribution is 0.540. The highest BCUT2D eigenvalue weighted by atomic mass is 35.5. The summed E-state index contributed by atoms with van der Waals surface area (Å²) in [4.78, 5) is 9.04. The standard InChI is InChI=1S/C12H17ClN2/c1-7-9(8-5-6-8)14-11(12(2,3)4)15-10(7)13/h8H,5-6H2,1-4H3. The number of aromatic nitrogens is 2. The van der Waals surface area contributed by atoms with Crippen LogP contribution in [0.2, 0.25) is 5.15 Å². The van der Waals surface area contributed by atoms with Crippen LogP contribution in [0.4, 0.5) is 0 Å². The number of hydrogen-bond donors (Lipinski definition) is 0. The summed E-state index contributed by atoms with van der Waals surface area (Å²) in [6.07, 6.45) is 2.50. The van der Waals surface area contributed by atoms with Crippen molar-refractivity contribution in [2.45, 2.75) is 51.9 Å². The van der Waals surface area contributed by atoms with E-state index in [9.17, 15) is 0 Å². The molecule has 0 N–H and O–H groups in total. The molecule has 2 nitrogen and oxygen atoms in total. The van der Waals surface area contributed by atoms with Crippen molar-refractivity contribution in [3.05, 3.63) is 22.2 Å². The first kappa shape index (κ1) is 10.9. The number of halogens is 1. The van der Waals surface area contributed by atoms with Gasteiger partial charge < -0.3 is 0 Å². The molecular formula is C12H17ClN2. The third-order valence-electron chi connectivity index (χ3n) is 2.76. The number of nitrogens with zero attached hydrogens (tertiary/aromatic N) is 2. The van der Waals surface area contributed by atoms with Gasteiger partial charge in [0.05, 0.1) is 5.69 Å². The Bertz CT molecular complexity index is 389. The van der Waals surface area contributed by atoms with Crippen LogP contribution >= 0.6 is 11.6 Å². The van der Waals surface area contributed by atoms with Gasteiger partial charge in [-0.2, -0.15) is 0 Å². The minimum absolute atomic E-state index is 0.0268. The van der Waals surface area contributed by atoms with Gasteiger partial charge in [-0.05, 0) is 19.8 Å². The van der Waals surface area contributed by atoms with Crippen molar-refractivity contribution < 1.29 is 0 Å². The lowest BCUT2D eigenvalue weighted by Gasteiger charge is -2.18. The van der Waals surface area contributed by atoms with Gasteiger partial charge >= 0.3 is 0 Å². The van der Waals surface area contributed by atoms with E-state index in [0.29, 0.717) is 11.1 Å². The van der Waals surface area contributed by atoms with Crippen molar-refractivity contribution in [1.29, 1.82) is 0 Å². The lowest BCUT2D eigenvalue weighted by Crippen LogP contribution is -2.18. The van der Waals surface area contributed by atoms with Gasteiger partial charge in [0.2, 0.25) is 0 Å². The normalized spacial score (nSPS) is 16.9. The molecule has 0 aromatic carbocycles. The molecule has 0 aliphatic heterocycles. The zero-order valence-electron chi connectivity index (χ0n) is 9.76. The molecule has 0 amide bonds. The van der Waals surface area contributed by atoms with Gasteiger partial charge in [0.1, 0.15) is 11.0 Å². The maximum absolute atomic E-state index is 6.15. The minimum atomic E-state index is -0.0268. The molecule has 0 bridgehead atoms. The second kappa shape index (κ2) is 3.44. The Hall–Kier alpha value is -0.630. The largest absolute Gasteiger partial charge is 0.237 e. The predicted molar refractivity (Wildman–Crippen MR) is 62.5 cm³/mol. The van der Waals surface area contributed by atoms with Crippen molar-refractivity contribution in [1.82, 2.24) is 9.97 Å². The molecule has 0 spiro atoms. The van der Waals surface area contributed by atoms with E-state index in [1.807, 2.05) is 6.92 Å². The molecule has 1 aromatic heterocycles. The molecule has 1 aromatic rings. The summed E-state index contributed by atoms with van der Waals surface area (Å²) in [5, 5.41) is 0.622. The van der Waals surface area contributed by atoms with Crippen LogP contribution in [0.15, 0.2) is 0 Å². The van der Waals surface area contributed by atoms with Gasteiger partial charge in [-0.3, -0.25) is 0 Å². The fourth-order valence-corrected chi connectivity index (χ4v) is 1.77. The fraction of sp³-hybridized carbons (Fsp3) is 0.667. The molecule has 0 saturated heterocycles. The second-order valence-corrected chi connectivity index (χ2v) is 5.73. The van der Waals surface area contributed by atoms with Crippen LogP contribution < -0.4 is 0 Å². The summed E-state index contributed by atoms with van der Waals surface area (Å²) in [6, 6.07) is 0. The first-order valence-electron chi connectivity index (χ1n) is 5.44. The average Bonchev–Trinajstić information content (AvgIpc) is 2.90. The Morgan fingerprint density at radius 1 is 1.20 bits per heavy atom. The molecule has 82 valence electrons. The van der Waals surface area contributed by atoms with Gasteiger partial charge in [-0.1, -0.05) is 32.4 Å². The molecule has 0 radical (unpaired) electrons. The molecule has 15 heavy (non-hydrogen) atoms. The third kappa shape index (κ3) is 2.15. The highest BCUT2D eigenvalue weighted by molar-refractivity contribution is 6.30. The summed E-state index contributed by atoms with van der Waals surface area (Å²) in [6.45, 7) is 8.36. The molecule has 1 aliphatic rings. The van der Waals surface area contributed by atoms with Crippen LogP contribution in [-0.2, 0) is 5.41 Å². The molecule has 0 atom stereocenters. The lowest BCUT2D eigenvalue weighted by atomic mass is 9.95. The molecule has 1 fully saturated rings. The van der Waals surface area contributed by atoms with Crippen LogP contribution in [0.3, 0.4) is 0 Å². The quantitative estimate of drug-likeness (QED) is 0.681. The van der Waals surface area contributed by atoms with Crippen LogP contribution in [0, 0.1) is 6.92 Å². The second-order valence-electron chi connectivity index (χ2n) is 5.37. The van der Waals surface area contributed by atoms with Crippen molar-refractivity contribution >= 4 is 11.6 Å². The Labute approximate surface area is 96.1 Å². The molecular weight excluding hydrogens is 208 g/mol. The van der Waals surface area contributed by atoms with E-state index >= 15 is 0 Å². The first-order valence-corrected chi connectivity index (χ1v) is 5.82. The summed E-state index contributed by atoms with van der Waals surface area (Å²) in [7, 11) is 0. The van der Waals surface area contributed by atoms with E-state index in [-0.39, 0.29) is 5.41 Å². The van der Waals surface area contributed by atoms with Gasteiger partial charge in [0.25, 0.3) is 0 Å². The summed E-state index contributed by atoms with van der Waals surface area (Å²) >= 11 is 6.15. The summed E-state index contributed by atoms with van der Waals surface area (Å²) in [5.74, 6) is 1.49. The number of rotatable bonds is 1.